The minimum Gasteiger partial charge on any atom is -0.394 e. The fourth-order valence-corrected chi connectivity index (χ4v) is 7.61. The van der Waals surface area contributed by atoms with Crippen LogP contribution in [0.15, 0.2) is 24.3 Å². The van der Waals surface area contributed by atoms with Gasteiger partial charge in [-0.15, -0.1) is 0 Å². The molecule has 19 nitrogen and oxygen atoms in total. The van der Waals surface area contributed by atoms with E-state index in [1.54, 1.807) is 6.08 Å². The lowest BCUT2D eigenvalue weighted by molar-refractivity contribution is -0.379. The average Bonchev–Trinajstić information content (AvgIpc) is 3.26. The molecule has 0 bridgehead atoms. The molecular formula is C43H77NO18. The molecule has 17 unspecified atom stereocenters. The first kappa shape index (κ1) is 54.6. The maximum Gasteiger partial charge on any atom is 0.220 e. The van der Waals surface area contributed by atoms with Crippen LogP contribution >= 0.6 is 0 Å². The molecule has 0 aromatic heterocycles. The van der Waals surface area contributed by atoms with Gasteiger partial charge in [-0.05, 0) is 32.1 Å². The molecule has 0 aromatic carbocycles. The van der Waals surface area contributed by atoms with Crippen LogP contribution in [0.25, 0.3) is 0 Å². The molecule has 3 fully saturated rings. The number of nitrogens with one attached hydrogen (secondary N) is 1. The van der Waals surface area contributed by atoms with E-state index in [1.165, 1.54) is 25.7 Å². The SMILES string of the molecule is CCCCCCC/C=C/CC/C=C/C(O)C(COC1OC(CO)C(OC2OC(CO)C(OC3OC(CO)C(O)C(O)C3O)C(O)C2O)C(O)C1O)NC(=O)CCCCCCCC. The van der Waals surface area contributed by atoms with Crippen LogP contribution in [0.3, 0.4) is 0 Å². The number of amides is 1. The lowest BCUT2D eigenvalue weighted by Gasteiger charge is -2.48. The van der Waals surface area contributed by atoms with Crippen molar-refractivity contribution >= 4 is 5.91 Å². The quantitative estimate of drug-likeness (QED) is 0.0326. The van der Waals surface area contributed by atoms with E-state index in [-0.39, 0.29) is 18.9 Å². The lowest BCUT2D eigenvalue weighted by atomic mass is 9.96. The van der Waals surface area contributed by atoms with Crippen molar-refractivity contribution in [1.82, 2.24) is 5.32 Å². The van der Waals surface area contributed by atoms with Gasteiger partial charge in [0.1, 0.15) is 73.2 Å². The molecule has 3 heterocycles. The van der Waals surface area contributed by atoms with E-state index in [0.29, 0.717) is 12.8 Å². The zero-order valence-electron chi connectivity index (χ0n) is 36.3. The third kappa shape index (κ3) is 16.9. The number of hydrogen-bond acceptors (Lipinski definition) is 18. The molecular weight excluding hydrogens is 818 g/mol. The molecule has 0 aromatic rings. The third-order valence-corrected chi connectivity index (χ3v) is 11.5. The van der Waals surface area contributed by atoms with Crippen molar-refractivity contribution in [3.63, 3.8) is 0 Å². The van der Waals surface area contributed by atoms with E-state index >= 15 is 0 Å². The monoisotopic (exact) mass is 896 g/mol. The van der Waals surface area contributed by atoms with Gasteiger partial charge in [0.05, 0.1) is 38.6 Å². The maximum atomic E-state index is 13.0. The van der Waals surface area contributed by atoms with Crippen LogP contribution in [0.4, 0.5) is 0 Å². The zero-order valence-corrected chi connectivity index (χ0v) is 36.3. The Kier molecular flexibility index (Phi) is 26.2. The van der Waals surface area contributed by atoms with E-state index in [9.17, 15) is 61.0 Å². The number of ether oxygens (including phenoxy) is 6. The Bertz CT molecular complexity index is 1260. The number of carbonyl (C=O) groups is 1. The number of carbonyl (C=O) groups excluding carboxylic acids is 1. The number of rotatable bonds is 29. The molecule has 3 aliphatic heterocycles. The molecule has 3 aliphatic rings. The minimum absolute atomic E-state index is 0.233. The highest BCUT2D eigenvalue weighted by Gasteiger charge is 2.53. The second-order valence-electron chi connectivity index (χ2n) is 16.5. The number of unbranched alkanes of at least 4 members (excludes halogenated alkanes) is 11. The summed E-state index contributed by atoms with van der Waals surface area (Å²) in [6, 6.07) is -0.979. The van der Waals surface area contributed by atoms with Crippen LogP contribution in [0.1, 0.15) is 110 Å². The molecule has 3 saturated heterocycles. The van der Waals surface area contributed by atoms with Crippen LogP contribution in [0.5, 0.6) is 0 Å². The summed E-state index contributed by atoms with van der Waals surface area (Å²) >= 11 is 0. The highest BCUT2D eigenvalue weighted by Crippen LogP contribution is 2.33. The highest BCUT2D eigenvalue weighted by atomic mass is 16.8. The van der Waals surface area contributed by atoms with Crippen molar-refractivity contribution < 1.29 is 89.4 Å². The Labute approximate surface area is 365 Å². The zero-order chi connectivity index (χ0) is 45.6. The molecule has 0 spiro atoms. The smallest absolute Gasteiger partial charge is 0.220 e. The van der Waals surface area contributed by atoms with Gasteiger partial charge in [-0.3, -0.25) is 4.79 Å². The molecule has 62 heavy (non-hydrogen) atoms. The van der Waals surface area contributed by atoms with Gasteiger partial charge in [-0.1, -0.05) is 95.9 Å². The summed E-state index contributed by atoms with van der Waals surface area (Å²) in [5.74, 6) is -0.300. The van der Waals surface area contributed by atoms with E-state index in [0.717, 1.165) is 51.4 Å². The van der Waals surface area contributed by atoms with Crippen molar-refractivity contribution in [1.29, 1.82) is 0 Å². The Morgan fingerprint density at radius 1 is 0.565 bits per heavy atom. The molecule has 3 rings (SSSR count). The maximum absolute atomic E-state index is 13.0. The van der Waals surface area contributed by atoms with E-state index in [4.69, 9.17) is 28.4 Å². The van der Waals surface area contributed by atoms with Gasteiger partial charge in [0.15, 0.2) is 18.9 Å². The van der Waals surface area contributed by atoms with Gasteiger partial charge in [0.2, 0.25) is 5.91 Å². The summed E-state index contributed by atoms with van der Waals surface area (Å²) in [6.45, 7) is 1.52. The molecule has 1 amide bonds. The molecule has 362 valence electrons. The Hall–Kier alpha value is -1.73. The lowest BCUT2D eigenvalue weighted by Crippen LogP contribution is -2.66. The molecule has 0 saturated carbocycles. The van der Waals surface area contributed by atoms with E-state index in [1.807, 2.05) is 6.08 Å². The van der Waals surface area contributed by atoms with Crippen molar-refractivity contribution in [3.05, 3.63) is 24.3 Å². The predicted octanol–water partition coefficient (Wildman–Crippen LogP) is -0.699. The van der Waals surface area contributed by atoms with Crippen molar-refractivity contribution in [2.24, 2.45) is 0 Å². The first-order chi connectivity index (χ1) is 29.8. The summed E-state index contributed by atoms with van der Waals surface area (Å²) in [4.78, 5) is 13.0. The topological polar surface area (TPSA) is 307 Å². The molecule has 19 heteroatoms. The average molecular weight is 896 g/mol. The summed E-state index contributed by atoms with van der Waals surface area (Å²) in [6.07, 6.45) is -4.57. The summed E-state index contributed by atoms with van der Waals surface area (Å²) in [7, 11) is 0. The van der Waals surface area contributed by atoms with Crippen LogP contribution in [0.2, 0.25) is 0 Å². The number of aliphatic hydroxyl groups excluding tert-OH is 11. The van der Waals surface area contributed by atoms with Gasteiger partial charge in [-0.25, -0.2) is 0 Å². The standard InChI is InChI=1S/C43H77NO18/c1-3-5-7-9-11-12-13-14-15-16-18-20-27(48)26(44-31(49)21-19-17-10-8-6-4-2)25-57-41-37(55)34(52)39(29(23-46)59-41)62-43-38(56)35(53)40(30(24-47)60-43)61-42-36(54)33(51)32(50)28(22-45)58-42/h13-14,18,20,26-30,32-43,45-48,50-56H,3-12,15-17,19,21-25H2,1-2H3,(H,44,49)/b14-13+,20-18+. The first-order valence-corrected chi connectivity index (χ1v) is 22.6. The van der Waals surface area contributed by atoms with Crippen molar-refractivity contribution in [2.75, 3.05) is 26.4 Å². The van der Waals surface area contributed by atoms with Crippen molar-refractivity contribution in [2.45, 2.75) is 214 Å². The van der Waals surface area contributed by atoms with Gasteiger partial charge < -0.3 is 89.9 Å². The summed E-state index contributed by atoms with van der Waals surface area (Å²) in [5.41, 5.74) is 0. The van der Waals surface area contributed by atoms with Gasteiger partial charge >= 0.3 is 0 Å². The minimum atomic E-state index is -1.98. The summed E-state index contributed by atoms with van der Waals surface area (Å²) in [5, 5.41) is 119. The second-order valence-corrected chi connectivity index (χ2v) is 16.5. The molecule has 0 radical (unpaired) electrons. The van der Waals surface area contributed by atoms with Crippen LogP contribution in [-0.4, -0.2) is 193 Å². The Morgan fingerprint density at radius 2 is 1.03 bits per heavy atom. The van der Waals surface area contributed by atoms with Gasteiger partial charge in [0, 0.05) is 6.42 Å². The Morgan fingerprint density at radius 3 is 1.61 bits per heavy atom. The molecule has 12 N–H and O–H groups in total. The van der Waals surface area contributed by atoms with E-state index in [2.05, 4.69) is 31.3 Å². The van der Waals surface area contributed by atoms with Gasteiger partial charge in [0.25, 0.3) is 0 Å². The fourth-order valence-electron chi connectivity index (χ4n) is 7.61. The van der Waals surface area contributed by atoms with Crippen LogP contribution in [0, 0.1) is 0 Å². The third-order valence-electron chi connectivity index (χ3n) is 11.5. The number of aliphatic hydroxyl groups is 11. The molecule has 0 aliphatic carbocycles. The van der Waals surface area contributed by atoms with Crippen molar-refractivity contribution in [3.8, 4) is 0 Å². The normalized spacial score (nSPS) is 35.4. The predicted molar refractivity (Wildman–Crippen MR) is 222 cm³/mol. The van der Waals surface area contributed by atoms with Crippen LogP contribution < -0.4 is 5.32 Å². The second kappa shape index (κ2) is 29.7. The van der Waals surface area contributed by atoms with E-state index < -0.39 is 124 Å². The molecule has 17 atom stereocenters. The van der Waals surface area contributed by atoms with Crippen LogP contribution in [-0.2, 0) is 33.2 Å². The largest absolute Gasteiger partial charge is 0.394 e. The highest BCUT2D eigenvalue weighted by molar-refractivity contribution is 5.76. The Balaban J connectivity index is 1.62. The van der Waals surface area contributed by atoms with Gasteiger partial charge in [-0.2, -0.15) is 0 Å². The first-order valence-electron chi connectivity index (χ1n) is 22.6. The number of allylic oxidation sites excluding steroid dienone is 3. The number of hydrogen-bond donors (Lipinski definition) is 12. The summed E-state index contributed by atoms with van der Waals surface area (Å²) < 4.78 is 33.9. The fraction of sp³-hybridized carbons (Fsp3) is 0.884.